The first kappa shape index (κ1) is 13.6. The fourth-order valence-electron chi connectivity index (χ4n) is 4.31. The van der Waals surface area contributed by atoms with Crippen molar-refractivity contribution in [2.45, 2.75) is 39.3 Å². The summed E-state index contributed by atoms with van der Waals surface area (Å²) in [7, 11) is 0. The molecule has 2 aromatic rings. The van der Waals surface area contributed by atoms with Crippen LogP contribution in [0.5, 0.6) is 0 Å². The summed E-state index contributed by atoms with van der Waals surface area (Å²) in [5.74, 6) is 1.91. The van der Waals surface area contributed by atoms with Gasteiger partial charge in [-0.1, -0.05) is 31.5 Å². The minimum absolute atomic E-state index is 0.617. The number of para-hydroxylation sites is 1. The number of benzene rings is 1. The summed E-state index contributed by atoms with van der Waals surface area (Å²) >= 11 is 6.28. The Kier molecular flexibility index (Phi) is 3.05. The summed E-state index contributed by atoms with van der Waals surface area (Å²) in [6.45, 7) is 6.74. The lowest BCUT2D eigenvalue weighted by Crippen LogP contribution is -2.31. The van der Waals surface area contributed by atoms with E-state index in [1.54, 1.807) is 0 Å². The van der Waals surface area contributed by atoms with Gasteiger partial charge < -0.3 is 9.88 Å². The molecule has 4 heteroatoms. The topological polar surface area (TPSA) is 29.9 Å². The molecule has 2 fully saturated rings. The largest absolute Gasteiger partial charge is 0.328 e. The highest BCUT2D eigenvalue weighted by Crippen LogP contribution is 2.66. The Labute approximate surface area is 130 Å². The Morgan fingerprint density at radius 2 is 2.10 bits per heavy atom. The molecule has 1 unspecified atom stereocenters. The van der Waals surface area contributed by atoms with E-state index in [1.807, 2.05) is 24.5 Å². The zero-order chi connectivity index (χ0) is 14.6. The maximum absolute atomic E-state index is 6.28. The van der Waals surface area contributed by atoms with Crippen molar-refractivity contribution in [1.29, 1.82) is 0 Å². The third-order valence-electron chi connectivity index (χ3n) is 5.74. The summed E-state index contributed by atoms with van der Waals surface area (Å²) < 4.78 is 2.16. The van der Waals surface area contributed by atoms with Gasteiger partial charge in [0.05, 0.1) is 22.4 Å². The number of imidazole rings is 1. The van der Waals surface area contributed by atoms with Crippen LogP contribution in [0.1, 0.15) is 26.7 Å². The second-order valence-electron chi connectivity index (χ2n) is 7.20. The Morgan fingerprint density at radius 1 is 1.33 bits per heavy atom. The zero-order valence-electron chi connectivity index (χ0n) is 12.6. The van der Waals surface area contributed by atoms with Gasteiger partial charge >= 0.3 is 0 Å². The highest BCUT2D eigenvalue weighted by atomic mass is 35.5. The molecule has 0 radical (unpaired) electrons. The predicted molar refractivity (Wildman–Crippen MR) is 86.5 cm³/mol. The van der Waals surface area contributed by atoms with Crippen molar-refractivity contribution in [3.8, 4) is 0 Å². The van der Waals surface area contributed by atoms with Crippen molar-refractivity contribution >= 4 is 22.6 Å². The average molecular weight is 304 g/mol. The minimum atomic E-state index is 0.617. The Balaban J connectivity index is 1.35. The highest BCUT2D eigenvalue weighted by Gasteiger charge is 2.61. The Bertz CT molecular complexity index is 662. The number of aromatic nitrogens is 2. The number of nitrogens with zero attached hydrogens (tertiary/aromatic N) is 2. The first-order chi connectivity index (χ1) is 10.1. The van der Waals surface area contributed by atoms with E-state index in [0.717, 1.165) is 41.0 Å². The molecule has 0 spiro atoms. The fourth-order valence-corrected chi connectivity index (χ4v) is 4.59. The molecule has 2 aliphatic rings. The molecule has 1 N–H and O–H groups in total. The molecule has 0 saturated heterocycles. The van der Waals surface area contributed by atoms with E-state index in [9.17, 15) is 0 Å². The van der Waals surface area contributed by atoms with E-state index in [1.165, 1.54) is 12.8 Å². The van der Waals surface area contributed by atoms with E-state index in [2.05, 4.69) is 28.7 Å². The lowest BCUT2D eigenvalue weighted by molar-refractivity contribution is 0.381. The van der Waals surface area contributed by atoms with Crippen molar-refractivity contribution in [3.05, 3.63) is 29.5 Å². The quantitative estimate of drug-likeness (QED) is 0.933. The molecule has 0 aliphatic heterocycles. The van der Waals surface area contributed by atoms with Crippen LogP contribution >= 0.6 is 11.6 Å². The second kappa shape index (κ2) is 4.72. The monoisotopic (exact) mass is 303 g/mol. The summed E-state index contributed by atoms with van der Waals surface area (Å²) in [4.78, 5) is 4.42. The van der Waals surface area contributed by atoms with Crippen LogP contribution in [-0.2, 0) is 6.54 Å². The molecule has 1 aromatic heterocycles. The van der Waals surface area contributed by atoms with Gasteiger partial charge in [0.1, 0.15) is 0 Å². The minimum Gasteiger partial charge on any atom is -0.328 e. The molecule has 2 aliphatic carbocycles. The Morgan fingerprint density at radius 3 is 2.86 bits per heavy atom. The molecule has 3 nitrogen and oxygen atoms in total. The van der Waals surface area contributed by atoms with Crippen LogP contribution in [0.25, 0.3) is 11.0 Å². The predicted octanol–water partition coefficient (Wildman–Crippen LogP) is 3.71. The van der Waals surface area contributed by atoms with Crippen molar-refractivity contribution in [3.63, 3.8) is 0 Å². The van der Waals surface area contributed by atoms with E-state index in [4.69, 9.17) is 11.6 Å². The summed E-state index contributed by atoms with van der Waals surface area (Å²) in [5.41, 5.74) is 2.65. The molecule has 0 bridgehead atoms. The summed E-state index contributed by atoms with van der Waals surface area (Å²) in [6, 6.07) is 6.60. The molecule has 3 atom stereocenters. The van der Waals surface area contributed by atoms with Crippen LogP contribution < -0.4 is 5.32 Å². The Hall–Kier alpha value is -1.06. The molecular weight excluding hydrogens is 282 g/mol. The zero-order valence-corrected chi connectivity index (χ0v) is 13.4. The number of hydrogen-bond donors (Lipinski definition) is 1. The third-order valence-corrected chi connectivity index (χ3v) is 6.04. The molecule has 21 heavy (non-hydrogen) atoms. The maximum Gasteiger partial charge on any atom is 0.0959 e. The highest BCUT2D eigenvalue weighted by molar-refractivity contribution is 6.34. The number of rotatable bonds is 4. The maximum atomic E-state index is 6.28. The fraction of sp³-hybridized carbons (Fsp3) is 0.588. The van der Waals surface area contributed by atoms with E-state index >= 15 is 0 Å². The van der Waals surface area contributed by atoms with Gasteiger partial charge in [0, 0.05) is 19.1 Å². The molecule has 4 rings (SSSR count). The van der Waals surface area contributed by atoms with Crippen LogP contribution in [0.2, 0.25) is 5.02 Å². The first-order valence-electron chi connectivity index (χ1n) is 7.90. The number of fused-ring (bicyclic) bond motifs is 2. The third kappa shape index (κ3) is 2.18. The van der Waals surface area contributed by atoms with Crippen LogP contribution in [-0.4, -0.2) is 22.1 Å². The first-order valence-corrected chi connectivity index (χ1v) is 8.28. The molecule has 112 valence electrons. The van der Waals surface area contributed by atoms with Crippen LogP contribution in [0, 0.1) is 17.3 Å². The molecule has 1 aromatic carbocycles. The number of nitrogens with one attached hydrogen (secondary N) is 1. The normalized spacial score (nSPS) is 29.8. The van der Waals surface area contributed by atoms with E-state index in [-0.39, 0.29) is 0 Å². The summed E-state index contributed by atoms with van der Waals surface area (Å²) in [5, 5.41) is 4.50. The van der Waals surface area contributed by atoms with Gasteiger partial charge in [-0.25, -0.2) is 4.98 Å². The molecule has 1 heterocycles. The van der Waals surface area contributed by atoms with Gasteiger partial charge in [0.15, 0.2) is 0 Å². The van der Waals surface area contributed by atoms with Gasteiger partial charge in [-0.3, -0.25) is 0 Å². The second-order valence-corrected chi connectivity index (χ2v) is 7.61. The van der Waals surface area contributed by atoms with E-state index < -0.39 is 0 Å². The molecular formula is C17H22ClN3. The average Bonchev–Trinajstić information content (AvgIpc) is 2.87. The van der Waals surface area contributed by atoms with Crippen LogP contribution in [0.15, 0.2) is 24.5 Å². The van der Waals surface area contributed by atoms with Crippen molar-refractivity contribution < 1.29 is 0 Å². The van der Waals surface area contributed by atoms with Crippen LogP contribution in [0.3, 0.4) is 0 Å². The van der Waals surface area contributed by atoms with Crippen molar-refractivity contribution in [1.82, 2.24) is 14.9 Å². The lowest BCUT2D eigenvalue weighted by Gasteiger charge is -2.18. The smallest absolute Gasteiger partial charge is 0.0959 e. The van der Waals surface area contributed by atoms with Gasteiger partial charge in [0.25, 0.3) is 0 Å². The molecule has 0 amide bonds. The van der Waals surface area contributed by atoms with Crippen molar-refractivity contribution in [2.24, 2.45) is 17.3 Å². The number of halogens is 1. The SMILES string of the molecule is CC1(C)[C@@H]2CC(NCCn3cnc4cccc(Cl)c43)C[C@@H]21. The van der Waals surface area contributed by atoms with Gasteiger partial charge in [-0.15, -0.1) is 0 Å². The van der Waals surface area contributed by atoms with Crippen molar-refractivity contribution in [2.75, 3.05) is 6.54 Å². The van der Waals surface area contributed by atoms with Gasteiger partial charge in [0.2, 0.25) is 0 Å². The molecule has 2 saturated carbocycles. The standard InChI is InChI=1S/C17H22ClN3/c1-17(2)12-8-11(9-13(12)17)19-6-7-21-10-20-15-5-3-4-14(18)16(15)21/h3-5,10-13,19H,6-9H2,1-2H3/t11?,12-,13+. The van der Waals surface area contributed by atoms with E-state index in [0.29, 0.717) is 11.5 Å². The lowest BCUT2D eigenvalue weighted by atomic mass is 9.98. The van der Waals surface area contributed by atoms with Crippen LogP contribution in [0.4, 0.5) is 0 Å². The van der Waals surface area contributed by atoms with Gasteiger partial charge in [-0.2, -0.15) is 0 Å². The van der Waals surface area contributed by atoms with Gasteiger partial charge in [-0.05, 0) is 42.2 Å². The summed E-state index contributed by atoms with van der Waals surface area (Å²) in [6.07, 6.45) is 4.60. The number of hydrogen-bond acceptors (Lipinski definition) is 2.